The fourth-order valence-electron chi connectivity index (χ4n) is 2.75. The SMILES string of the molecule is CC(Nc1cc(N2CCSCC2)ncn1)C(O)Cc1ccccc1. The predicted octanol–water partition coefficient (Wildman–Crippen LogP) is 2.43. The van der Waals surface area contributed by atoms with Crippen LogP contribution in [0.15, 0.2) is 42.7 Å². The first-order valence-corrected chi connectivity index (χ1v) is 9.51. The van der Waals surface area contributed by atoms with Crippen molar-refractivity contribution in [3.8, 4) is 0 Å². The second kappa shape index (κ2) is 8.35. The van der Waals surface area contributed by atoms with E-state index in [0.29, 0.717) is 6.42 Å². The summed E-state index contributed by atoms with van der Waals surface area (Å²) < 4.78 is 0. The lowest BCUT2D eigenvalue weighted by Crippen LogP contribution is -2.34. The van der Waals surface area contributed by atoms with Crippen LogP contribution in [0.2, 0.25) is 0 Å². The fraction of sp³-hybridized carbons (Fsp3) is 0.444. The molecule has 3 rings (SSSR count). The number of rotatable bonds is 6. The van der Waals surface area contributed by atoms with E-state index in [0.717, 1.165) is 41.8 Å². The van der Waals surface area contributed by atoms with Gasteiger partial charge >= 0.3 is 0 Å². The van der Waals surface area contributed by atoms with Crippen molar-refractivity contribution in [2.24, 2.45) is 0 Å². The van der Waals surface area contributed by atoms with Crippen molar-refractivity contribution < 1.29 is 5.11 Å². The van der Waals surface area contributed by atoms with E-state index in [1.807, 2.05) is 55.1 Å². The number of hydrogen-bond donors (Lipinski definition) is 2. The quantitative estimate of drug-likeness (QED) is 0.839. The third-order valence-electron chi connectivity index (χ3n) is 4.23. The minimum absolute atomic E-state index is 0.0927. The molecule has 1 aromatic carbocycles. The number of anilines is 2. The van der Waals surface area contributed by atoms with Crippen molar-refractivity contribution in [3.05, 3.63) is 48.3 Å². The van der Waals surface area contributed by atoms with Gasteiger partial charge in [-0.25, -0.2) is 9.97 Å². The van der Waals surface area contributed by atoms with Gasteiger partial charge in [-0.3, -0.25) is 0 Å². The Bertz CT molecular complexity index is 634. The number of nitrogens with zero attached hydrogens (tertiary/aromatic N) is 3. The molecule has 5 nitrogen and oxygen atoms in total. The molecule has 0 amide bonds. The number of thioether (sulfide) groups is 1. The monoisotopic (exact) mass is 344 g/mol. The predicted molar refractivity (Wildman–Crippen MR) is 101 cm³/mol. The molecule has 1 saturated heterocycles. The third kappa shape index (κ3) is 4.61. The van der Waals surface area contributed by atoms with Gasteiger partial charge in [0.2, 0.25) is 0 Å². The molecule has 1 aliphatic heterocycles. The van der Waals surface area contributed by atoms with Crippen LogP contribution >= 0.6 is 11.8 Å². The van der Waals surface area contributed by atoms with E-state index in [4.69, 9.17) is 0 Å². The summed E-state index contributed by atoms with van der Waals surface area (Å²) in [6.07, 6.45) is 1.74. The van der Waals surface area contributed by atoms with Crippen LogP contribution in [-0.4, -0.2) is 51.8 Å². The first-order valence-electron chi connectivity index (χ1n) is 8.35. The Morgan fingerprint density at radius 3 is 2.71 bits per heavy atom. The van der Waals surface area contributed by atoms with Gasteiger partial charge in [0.1, 0.15) is 18.0 Å². The summed E-state index contributed by atoms with van der Waals surface area (Å²) in [7, 11) is 0. The van der Waals surface area contributed by atoms with Gasteiger partial charge in [0, 0.05) is 37.1 Å². The van der Waals surface area contributed by atoms with Crippen LogP contribution in [0.4, 0.5) is 11.6 Å². The summed E-state index contributed by atoms with van der Waals surface area (Å²) in [5.41, 5.74) is 1.13. The molecule has 2 heterocycles. The summed E-state index contributed by atoms with van der Waals surface area (Å²) in [6.45, 7) is 4.02. The van der Waals surface area contributed by atoms with E-state index in [9.17, 15) is 5.11 Å². The Morgan fingerprint density at radius 1 is 1.21 bits per heavy atom. The largest absolute Gasteiger partial charge is 0.391 e. The van der Waals surface area contributed by atoms with Crippen LogP contribution in [0.3, 0.4) is 0 Å². The zero-order valence-electron chi connectivity index (χ0n) is 13.9. The van der Waals surface area contributed by atoms with Gasteiger partial charge in [-0.15, -0.1) is 0 Å². The lowest BCUT2D eigenvalue weighted by atomic mass is 10.0. The highest BCUT2D eigenvalue weighted by molar-refractivity contribution is 7.99. The van der Waals surface area contributed by atoms with Gasteiger partial charge in [-0.2, -0.15) is 11.8 Å². The maximum absolute atomic E-state index is 10.4. The minimum atomic E-state index is -0.475. The van der Waals surface area contributed by atoms with Crippen molar-refractivity contribution in [2.75, 3.05) is 34.8 Å². The average Bonchev–Trinajstić information content (AvgIpc) is 2.63. The molecule has 1 fully saturated rings. The number of benzene rings is 1. The van der Waals surface area contributed by atoms with E-state index < -0.39 is 6.10 Å². The minimum Gasteiger partial charge on any atom is -0.391 e. The van der Waals surface area contributed by atoms with E-state index in [-0.39, 0.29) is 6.04 Å². The fourth-order valence-corrected chi connectivity index (χ4v) is 3.66. The maximum atomic E-state index is 10.4. The number of hydrogen-bond acceptors (Lipinski definition) is 6. The summed E-state index contributed by atoms with van der Waals surface area (Å²) >= 11 is 1.98. The molecule has 0 bridgehead atoms. The van der Waals surface area contributed by atoms with Crippen LogP contribution in [0.1, 0.15) is 12.5 Å². The smallest absolute Gasteiger partial charge is 0.134 e. The van der Waals surface area contributed by atoms with Gasteiger partial charge in [0.25, 0.3) is 0 Å². The number of nitrogens with one attached hydrogen (secondary N) is 1. The Kier molecular flexibility index (Phi) is 5.93. The highest BCUT2D eigenvalue weighted by atomic mass is 32.2. The van der Waals surface area contributed by atoms with Crippen LogP contribution in [-0.2, 0) is 6.42 Å². The van der Waals surface area contributed by atoms with E-state index in [1.54, 1.807) is 6.33 Å². The molecule has 2 unspecified atom stereocenters. The zero-order chi connectivity index (χ0) is 16.8. The molecule has 1 aromatic heterocycles. The molecule has 128 valence electrons. The second-order valence-corrected chi connectivity index (χ2v) is 7.28. The van der Waals surface area contributed by atoms with Gasteiger partial charge in [-0.1, -0.05) is 30.3 Å². The molecule has 6 heteroatoms. The summed E-state index contributed by atoms with van der Waals surface area (Å²) in [5.74, 6) is 3.99. The molecular weight excluding hydrogens is 320 g/mol. The second-order valence-electron chi connectivity index (χ2n) is 6.05. The molecule has 24 heavy (non-hydrogen) atoms. The molecule has 0 aliphatic carbocycles. The number of aliphatic hydroxyl groups is 1. The van der Waals surface area contributed by atoms with Gasteiger partial charge in [0.15, 0.2) is 0 Å². The van der Waals surface area contributed by atoms with Gasteiger partial charge < -0.3 is 15.3 Å². The highest BCUT2D eigenvalue weighted by Crippen LogP contribution is 2.19. The molecule has 1 aliphatic rings. The topological polar surface area (TPSA) is 61.3 Å². The number of aromatic nitrogens is 2. The van der Waals surface area contributed by atoms with Gasteiger partial charge in [-0.05, 0) is 12.5 Å². The van der Waals surface area contributed by atoms with Crippen molar-refractivity contribution in [2.45, 2.75) is 25.5 Å². The molecule has 0 radical (unpaired) electrons. The molecule has 2 atom stereocenters. The molecule has 0 spiro atoms. The molecular formula is C18H24N4OS. The van der Waals surface area contributed by atoms with Crippen LogP contribution in [0.25, 0.3) is 0 Å². The zero-order valence-corrected chi connectivity index (χ0v) is 14.7. The Hall–Kier alpha value is -1.79. The van der Waals surface area contributed by atoms with Crippen molar-refractivity contribution in [3.63, 3.8) is 0 Å². The third-order valence-corrected chi connectivity index (χ3v) is 5.17. The Balaban J connectivity index is 1.60. The highest BCUT2D eigenvalue weighted by Gasteiger charge is 2.17. The first kappa shape index (κ1) is 17.0. The lowest BCUT2D eigenvalue weighted by molar-refractivity contribution is 0.158. The maximum Gasteiger partial charge on any atom is 0.134 e. The van der Waals surface area contributed by atoms with Crippen molar-refractivity contribution in [1.82, 2.24) is 9.97 Å². The van der Waals surface area contributed by atoms with E-state index in [1.165, 1.54) is 0 Å². The molecule has 2 aromatic rings. The summed E-state index contributed by atoms with van der Waals surface area (Å²) in [4.78, 5) is 11.0. The summed E-state index contributed by atoms with van der Waals surface area (Å²) in [6, 6.07) is 11.9. The molecule has 0 saturated carbocycles. The lowest BCUT2D eigenvalue weighted by Gasteiger charge is -2.28. The normalized spacial score (nSPS) is 17.3. The van der Waals surface area contributed by atoms with Crippen LogP contribution in [0.5, 0.6) is 0 Å². The number of aliphatic hydroxyl groups excluding tert-OH is 1. The average molecular weight is 344 g/mol. The Morgan fingerprint density at radius 2 is 1.96 bits per heavy atom. The molecule has 2 N–H and O–H groups in total. The van der Waals surface area contributed by atoms with Gasteiger partial charge in [0.05, 0.1) is 12.1 Å². The standard InChI is InChI=1S/C18H24N4OS/c1-14(16(23)11-15-5-3-2-4-6-15)21-17-12-18(20-13-19-17)22-7-9-24-10-8-22/h2-6,12-14,16,23H,7-11H2,1H3,(H,19,20,21). The van der Waals surface area contributed by atoms with Crippen LogP contribution in [0, 0.1) is 0 Å². The summed E-state index contributed by atoms with van der Waals surface area (Å²) in [5, 5.41) is 13.7. The van der Waals surface area contributed by atoms with Crippen molar-refractivity contribution >= 4 is 23.4 Å². The Labute approximate surface area is 147 Å². The van der Waals surface area contributed by atoms with Crippen molar-refractivity contribution in [1.29, 1.82) is 0 Å². The van der Waals surface area contributed by atoms with Crippen LogP contribution < -0.4 is 10.2 Å². The van der Waals surface area contributed by atoms with E-state index >= 15 is 0 Å². The van der Waals surface area contributed by atoms with E-state index in [2.05, 4.69) is 20.2 Å². The first-order chi connectivity index (χ1) is 11.7.